The third kappa shape index (κ3) is 3.89. The molecule has 1 amide bonds. The number of benzene rings is 4. The first-order valence-electron chi connectivity index (χ1n) is 10.8. The van der Waals surface area contributed by atoms with Gasteiger partial charge in [-0.15, -0.1) is 0 Å². The van der Waals surface area contributed by atoms with Gasteiger partial charge in [-0.25, -0.2) is 4.79 Å². The number of ether oxygens (including phenoxy) is 1. The minimum atomic E-state index is -0.851. The second-order valence-electron chi connectivity index (χ2n) is 7.93. The Hall–Kier alpha value is -4.25. The third-order valence-electron chi connectivity index (χ3n) is 5.96. The molecule has 0 aliphatic rings. The number of nitrogens with zero attached hydrogens (tertiary/aromatic N) is 1. The molecule has 0 bridgehead atoms. The molecule has 5 rings (SSSR count). The molecule has 162 valence electrons. The number of carbonyl (C=O) groups excluding carboxylic acids is 2. The van der Waals surface area contributed by atoms with Crippen LogP contribution in [0.2, 0.25) is 0 Å². The number of rotatable bonds is 5. The molecule has 1 atom stereocenters. The monoisotopic (exact) mass is 434 g/mol. The zero-order valence-corrected chi connectivity index (χ0v) is 18.1. The largest absolute Gasteiger partial charge is 0.467 e. The van der Waals surface area contributed by atoms with Crippen LogP contribution in [0.3, 0.4) is 0 Å². The van der Waals surface area contributed by atoms with Gasteiger partial charge in [0.05, 0.1) is 18.2 Å². The summed E-state index contributed by atoms with van der Waals surface area (Å²) in [6.07, 6.45) is 1.96. The predicted octanol–water partition coefficient (Wildman–Crippen LogP) is 5.06. The summed E-state index contributed by atoms with van der Waals surface area (Å²) >= 11 is 0. The van der Waals surface area contributed by atoms with Crippen molar-refractivity contribution >= 4 is 44.3 Å². The zero-order valence-electron chi connectivity index (χ0n) is 18.1. The number of pyridine rings is 1. The van der Waals surface area contributed by atoms with Crippen LogP contribution in [0.4, 0.5) is 0 Å². The molecule has 33 heavy (non-hydrogen) atoms. The topological polar surface area (TPSA) is 68.3 Å². The molecule has 1 aromatic heterocycles. The Kier molecular flexibility index (Phi) is 5.45. The summed E-state index contributed by atoms with van der Waals surface area (Å²) in [4.78, 5) is 30.4. The molecule has 0 radical (unpaired) electrons. The van der Waals surface area contributed by atoms with Crippen molar-refractivity contribution in [1.29, 1.82) is 0 Å². The normalized spacial score (nSPS) is 12.0. The van der Waals surface area contributed by atoms with Crippen molar-refractivity contribution in [2.45, 2.75) is 12.5 Å². The number of methoxy groups -OCH3 is 1. The van der Waals surface area contributed by atoms with Crippen molar-refractivity contribution in [3.8, 4) is 0 Å². The molecule has 0 aliphatic carbocycles. The van der Waals surface area contributed by atoms with Gasteiger partial charge in [0.15, 0.2) is 0 Å². The smallest absolute Gasteiger partial charge is 0.328 e. The highest BCUT2D eigenvalue weighted by Crippen LogP contribution is 2.29. The van der Waals surface area contributed by atoms with Crippen LogP contribution in [0.5, 0.6) is 0 Å². The number of carbonyl (C=O) groups is 2. The van der Waals surface area contributed by atoms with E-state index in [1.54, 1.807) is 12.3 Å². The van der Waals surface area contributed by atoms with Crippen molar-refractivity contribution in [2.24, 2.45) is 0 Å². The van der Waals surface area contributed by atoms with Gasteiger partial charge in [0.25, 0.3) is 5.91 Å². The fraction of sp³-hybridized carbons (Fsp3) is 0.107. The standard InChI is InChI=1S/C28H22N2O3/c1-33-28(32)25(30-27(31)23-14-6-10-18-11-7-15-29-26(18)23)17-24-21-12-4-2-8-19(21)16-20-9-3-5-13-22(20)24/h2-16,25H,17H2,1H3,(H,30,31)/t25-/m0/s1. The highest BCUT2D eigenvalue weighted by Gasteiger charge is 2.25. The minimum Gasteiger partial charge on any atom is -0.467 e. The fourth-order valence-electron chi connectivity index (χ4n) is 4.39. The van der Waals surface area contributed by atoms with Gasteiger partial charge in [0.1, 0.15) is 6.04 Å². The van der Waals surface area contributed by atoms with E-state index in [9.17, 15) is 9.59 Å². The zero-order chi connectivity index (χ0) is 22.8. The number of aromatic nitrogens is 1. The van der Waals surface area contributed by atoms with Crippen LogP contribution >= 0.6 is 0 Å². The van der Waals surface area contributed by atoms with Gasteiger partial charge in [-0.3, -0.25) is 9.78 Å². The van der Waals surface area contributed by atoms with Gasteiger partial charge >= 0.3 is 5.97 Å². The van der Waals surface area contributed by atoms with Crippen molar-refractivity contribution < 1.29 is 14.3 Å². The summed E-state index contributed by atoms with van der Waals surface area (Å²) in [7, 11) is 1.34. The number of amides is 1. The minimum absolute atomic E-state index is 0.304. The summed E-state index contributed by atoms with van der Waals surface area (Å²) in [5.41, 5.74) is 2.01. The van der Waals surface area contributed by atoms with Crippen molar-refractivity contribution in [3.63, 3.8) is 0 Å². The van der Waals surface area contributed by atoms with E-state index in [0.717, 1.165) is 32.5 Å². The summed E-state index contributed by atoms with van der Waals surface area (Å²) in [6.45, 7) is 0. The van der Waals surface area contributed by atoms with Crippen molar-refractivity contribution in [3.05, 3.63) is 102 Å². The third-order valence-corrected chi connectivity index (χ3v) is 5.96. The van der Waals surface area contributed by atoms with E-state index in [1.807, 2.05) is 60.7 Å². The number of hydrogen-bond donors (Lipinski definition) is 1. The maximum atomic E-state index is 13.2. The maximum absolute atomic E-state index is 13.2. The molecular formula is C28H22N2O3. The first-order valence-corrected chi connectivity index (χ1v) is 10.8. The van der Waals surface area contributed by atoms with Gasteiger partial charge in [-0.05, 0) is 45.3 Å². The number of fused-ring (bicyclic) bond motifs is 3. The lowest BCUT2D eigenvalue weighted by Gasteiger charge is -2.19. The number of hydrogen-bond acceptors (Lipinski definition) is 4. The highest BCUT2D eigenvalue weighted by molar-refractivity contribution is 6.07. The molecule has 0 aliphatic heterocycles. The first kappa shape index (κ1) is 20.6. The Morgan fingerprint density at radius 3 is 2.18 bits per heavy atom. The molecule has 5 aromatic rings. The second kappa shape index (κ2) is 8.71. The molecule has 5 nitrogen and oxygen atoms in total. The van der Waals surface area contributed by atoms with Crippen LogP contribution in [0.1, 0.15) is 15.9 Å². The molecule has 0 saturated carbocycles. The SMILES string of the molecule is COC(=O)[C@H](Cc1c2ccccc2cc2ccccc12)NC(=O)c1cccc2cccnc12. The van der Waals surface area contributed by atoms with E-state index in [0.29, 0.717) is 17.5 Å². The molecule has 1 N–H and O–H groups in total. The lowest BCUT2D eigenvalue weighted by atomic mass is 9.92. The Bertz CT molecular complexity index is 1450. The number of para-hydroxylation sites is 1. The Labute approximate surface area is 191 Å². The lowest BCUT2D eigenvalue weighted by molar-refractivity contribution is -0.142. The van der Waals surface area contributed by atoms with Crippen molar-refractivity contribution in [1.82, 2.24) is 10.3 Å². The summed E-state index contributed by atoms with van der Waals surface area (Å²) in [5, 5.41) is 8.02. The van der Waals surface area contributed by atoms with E-state index in [2.05, 4.69) is 28.5 Å². The molecule has 4 aromatic carbocycles. The summed E-state index contributed by atoms with van der Waals surface area (Å²) in [5.74, 6) is -0.854. The molecule has 0 saturated heterocycles. The Balaban J connectivity index is 1.56. The molecule has 5 heteroatoms. The number of nitrogens with one attached hydrogen (secondary N) is 1. The molecular weight excluding hydrogens is 412 g/mol. The van der Waals surface area contributed by atoms with Crippen LogP contribution in [0, 0.1) is 0 Å². The lowest BCUT2D eigenvalue weighted by Crippen LogP contribution is -2.43. The molecule has 1 heterocycles. The quantitative estimate of drug-likeness (QED) is 0.310. The maximum Gasteiger partial charge on any atom is 0.328 e. The van der Waals surface area contributed by atoms with E-state index < -0.39 is 12.0 Å². The predicted molar refractivity (Wildman–Crippen MR) is 130 cm³/mol. The average molecular weight is 434 g/mol. The van der Waals surface area contributed by atoms with Gasteiger partial charge in [0.2, 0.25) is 0 Å². The molecule has 0 unspecified atom stereocenters. The highest BCUT2D eigenvalue weighted by atomic mass is 16.5. The summed E-state index contributed by atoms with van der Waals surface area (Å²) < 4.78 is 5.06. The average Bonchev–Trinajstić information content (AvgIpc) is 2.87. The van der Waals surface area contributed by atoms with Crippen LogP contribution in [-0.4, -0.2) is 30.0 Å². The molecule has 0 fully saturated rings. The second-order valence-corrected chi connectivity index (χ2v) is 7.93. The van der Waals surface area contributed by atoms with Crippen LogP contribution in [0.25, 0.3) is 32.4 Å². The van der Waals surface area contributed by atoms with Gasteiger partial charge < -0.3 is 10.1 Å². The fourth-order valence-corrected chi connectivity index (χ4v) is 4.39. The Morgan fingerprint density at radius 2 is 1.48 bits per heavy atom. The van der Waals surface area contributed by atoms with E-state index in [4.69, 9.17) is 4.74 Å². The first-order chi connectivity index (χ1) is 16.2. The molecule has 0 spiro atoms. The van der Waals surface area contributed by atoms with Gasteiger partial charge in [-0.1, -0.05) is 66.7 Å². The Morgan fingerprint density at radius 1 is 0.848 bits per heavy atom. The van der Waals surface area contributed by atoms with Gasteiger partial charge in [-0.2, -0.15) is 0 Å². The van der Waals surface area contributed by atoms with Gasteiger partial charge in [0, 0.05) is 18.0 Å². The van der Waals surface area contributed by atoms with E-state index in [-0.39, 0.29) is 5.91 Å². The van der Waals surface area contributed by atoms with E-state index in [1.165, 1.54) is 7.11 Å². The summed E-state index contributed by atoms with van der Waals surface area (Å²) in [6, 6.07) is 26.6. The van der Waals surface area contributed by atoms with E-state index >= 15 is 0 Å². The van der Waals surface area contributed by atoms with Crippen molar-refractivity contribution in [2.75, 3.05) is 7.11 Å². The number of esters is 1. The van der Waals surface area contributed by atoms with Crippen LogP contribution in [0.15, 0.2) is 91.1 Å². The van der Waals surface area contributed by atoms with Crippen LogP contribution in [-0.2, 0) is 16.0 Å². The van der Waals surface area contributed by atoms with Crippen LogP contribution < -0.4 is 5.32 Å².